The molecule has 1 spiro atoms. The molecule has 4 aliphatic rings. The van der Waals surface area contributed by atoms with Crippen molar-refractivity contribution in [1.82, 2.24) is 15.1 Å². The molecule has 0 aliphatic carbocycles. The lowest BCUT2D eigenvalue weighted by Gasteiger charge is -2.47. The quantitative estimate of drug-likeness (QED) is 0.832. The first-order chi connectivity index (χ1) is 12.6. The molecule has 4 saturated heterocycles. The Bertz CT molecular complexity index is 547. The fraction of sp³-hybridized carbons (Fsp3) is 0.895. The molecule has 4 heterocycles. The SMILES string of the molecule is CCOC(=O)N1C2CCC1CC(N1CCC3(CC1)OC(=O)NC3CC)C2. The zero-order chi connectivity index (χ0) is 18.3. The molecule has 7 heteroatoms. The number of ether oxygens (including phenoxy) is 2. The maximum atomic E-state index is 12.2. The van der Waals surface area contributed by atoms with E-state index < -0.39 is 0 Å². The van der Waals surface area contributed by atoms with Gasteiger partial charge in [0, 0.05) is 44.1 Å². The first-order valence-corrected chi connectivity index (χ1v) is 10.2. The summed E-state index contributed by atoms with van der Waals surface area (Å²) in [4.78, 5) is 28.5. The van der Waals surface area contributed by atoms with Crippen molar-refractivity contribution in [2.45, 2.75) is 88.6 Å². The van der Waals surface area contributed by atoms with Crippen LogP contribution in [0, 0.1) is 0 Å². The molecule has 1 N–H and O–H groups in total. The second-order valence-corrected chi connectivity index (χ2v) is 8.21. The predicted molar refractivity (Wildman–Crippen MR) is 95.9 cm³/mol. The normalized spacial score (nSPS) is 36.1. The van der Waals surface area contributed by atoms with Gasteiger partial charge in [-0.05, 0) is 39.0 Å². The van der Waals surface area contributed by atoms with Gasteiger partial charge in [0.2, 0.25) is 0 Å². The lowest BCUT2D eigenvalue weighted by atomic mass is 9.82. The Kier molecular flexibility index (Phi) is 4.75. The van der Waals surface area contributed by atoms with E-state index >= 15 is 0 Å². The van der Waals surface area contributed by atoms with Crippen molar-refractivity contribution in [1.29, 1.82) is 0 Å². The van der Waals surface area contributed by atoms with Gasteiger partial charge in [0.15, 0.2) is 0 Å². The maximum Gasteiger partial charge on any atom is 0.410 e. The van der Waals surface area contributed by atoms with Gasteiger partial charge in [-0.3, -0.25) is 4.90 Å². The minimum absolute atomic E-state index is 0.134. The number of likely N-dealkylation sites (tertiary alicyclic amines) is 1. The number of carbonyl (C=O) groups excluding carboxylic acids is 2. The summed E-state index contributed by atoms with van der Waals surface area (Å²) in [6, 6.07) is 1.31. The van der Waals surface area contributed by atoms with Crippen LogP contribution >= 0.6 is 0 Å². The summed E-state index contributed by atoms with van der Waals surface area (Å²) in [7, 11) is 0. The third kappa shape index (κ3) is 2.94. The van der Waals surface area contributed by atoms with Gasteiger partial charge < -0.3 is 19.7 Å². The van der Waals surface area contributed by atoms with Gasteiger partial charge in [-0.2, -0.15) is 0 Å². The molecule has 146 valence electrons. The highest BCUT2D eigenvalue weighted by atomic mass is 16.6. The summed E-state index contributed by atoms with van der Waals surface area (Å²) in [5.41, 5.74) is -0.313. The van der Waals surface area contributed by atoms with Gasteiger partial charge >= 0.3 is 12.2 Å². The largest absolute Gasteiger partial charge is 0.450 e. The van der Waals surface area contributed by atoms with E-state index in [2.05, 4.69) is 17.1 Å². The molecule has 3 unspecified atom stereocenters. The molecular weight excluding hydrogens is 334 g/mol. The second-order valence-electron chi connectivity index (χ2n) is 8.21. The summed E-state index contributed by atoms with van der Waals surface area (Å²) in [5, 5.41) is 2.98. The maximum absolute atomic E-state index is 12.2. The van der Waals surface area contributed by atoms with Crippen molar-refractivity contribution >= 4 is 12.2 Å². The molecule has 4 rings (SSSR count). The van der Waals surface area contributed by atoms with E-state index in [-0.39, 0.29) is 23.8 Å². The van der Waals surface area contributed by atoms with Crippen LogP contribution in [0.5, 0.6) is 0 Å². The van der Waals surface area contributed by atoms with Gasteiger partial charge in [-0.1, -0.05) is 6.92 Å². The number of nitrogens with one attached hydrogen (secondary N) is 1. The number of carbonyl (C=O) groups is 2. The molecule has 0 saturated carbocycles. The highest BCUT2D eigenvalue weighted by molar-refractivity contribution is 5.71. The first kappa shape index (κ1) is 17.9. The van der Waals surface area contributed by atoms with E-state index in [1.54, 1.807) is 0 Å². The van der Waals surface area contributed by atoms with Crippen LogP contribution in [0.1, 0.15) is 58.8 Å². The highest BCUT2D eigenvalue weighted by Gasteiger charge is 2.52. The van der Waals surface area contributed by atoms with E-state index in [0.717, 1.165) is 58.0 Å². The number of nitrogens with zero attached hydrogens (tertiary/aromatic N) is 2. The fourth-order valence-corrected chi connectivity index (χ4v) is 5.69. The van der Waals surface area contributed by atoms with Crippen LogP contribution in [0.15, 0.2) is 0 Å². The highest BCUT2D eigenvalue weighted by Crippen LogP contribution is 2.41. The third-order valence-electron chi connectivity index (χ3n) is 6.98. The molecule has 0 aromatic heterocycles. The monoisotopic (exact) mass is 365 g/mol. The van der Waals surface area contributed by atoms with Gasteiger partial charge in [0.1, 0.15) is 5.60 Å². The lowest BCUT2D eigenvalue weighted by molar-refractivity contribution is -0.0396. The Labute approximate surface area is 155 Å². The van der Waals surface area contributed by atoms with E-state index in [1.807, 2.05) is 11.8 Å². The molecule has 26 heavy (non-hydrogen) atoms. The van der Waals surface area contributed by atoms with E-state index in [4.69, 9.17) is 9.47 Å². The number of fused-ring (bicyclic) bond motifs is 2. The standard InChI is InChI=1S/C19H31N3O4/c1-3-16-19(26-17(23)20-16)7-9-21(10-8-19)15-11-13-5-6-14(12-15)22(13)18(24)25-4-2/h13-16H,3-12H2,1-2H3,(H,20,23). The number of rotatable bonds is 3. The first-order valence-electron chi connectivity index (χ1n) is 10.2. The van der Waals surface area contributed by atoms with Crippen molar-refractivity contribution in [2.75, 3.05) is 19.7 Å². The van der Waals surface area contributed by atoms with Crippen LogP contribution in [0.4, 0.5) is 9.59 Å². The Morgan fingerprint density at radius 1 is 1.19 bits per heavy atom. The average Bonchev–Trinajstić information content (AvgIpc) is 3.08. The van der Waals surface area contributed by atoms with Crippen molar-refractivity contribution < 1.29 is 19.1 Å². The summed E-state index contributed by atoms with van der Waals surface area (Å²) < 4.78 is 11.0. The molecule has 0 aromatic carbocycles. The van der Waals surface area contributed by atoms with Crippen LogP contribution in [0.3, 0.4) is 0 Å². The zero-order valence-corrected chi connectivity index (χ0v) is 15.9. The van der Waals surface area contributed by atoms with Crippen LogP contribution in [0.2, 0.25) is 0 Å². The second kappa shape index (κ2) is 6.91. The van der Waals surface area contributed by atoms with Crippen LogP contribution < -0.4 is 5.32 Å². The fourth-order valence-electron chi connectivity index (χ4n) is 5.69. The molecule has 4 fully saturated rings. The molecule has 7 nitrogen and oxygen atoms in total. The van der Waals surface area contributed by atoms with E-state index in [1.165, 1.54) is 0 Å². The Balaban J connectivity index is 1.37. The van der Waals surface area contributed by atoms with E-state index in [0.29, 0.717) is 24.7 Å². The van der Waals surface area contributed by atoms with Crippen LogP contribution in [0.25, 0.3) is 0 Å². The van der Waals surface area contributed by atoms with Gasteiger partial charge in [0.05, 0.1) is 12.6 Å². The number of hydrogen-bond donors (Lipinski definition) is 1. The Hall–Kier alpha value is -1.50. The molecule has 3 atom stereocenters. The van der Waals surface area contributed by atoms with E-state index in [9.17, 15) is 9.59 Å². The molecule has 2 amide bonds. The molecule has 4 aliphatic heterocycles. The molecular formula is C19H31N3O4. The molecule has 0 aromatic rings. The number of amides is 2. The van der Waals surface area contributed by atoms with Gasteiger partial charge in [-0.25, -0.2) is 9.59 Å². The van der Waals surface area contributed by atoms with Crippen molar-refractivity contribution in [3.8, 4) is 0 Å². The number of alkyl carbamates (subject to hydrolysis) is 1. The van der Waals surface area contributed by atoms with Crippen LogP contribution in [-0.4, -0.2) is 71.5 Å². The predicted octanol–water partition coefficient (Wildman–Crippen LogP) is 2.49. The smallest absolute Gasteiger partial charge is 0.410 e. The topological polar surface area (TPSA) is 71.1 Å². The summed E-state index contributed by atoms with van der Waals surface area (Å²) >= 11 is 0. The van der Waals surface area contributed by atoms with Crippen molar-refractivity contribution in [3.05, 3.63) is 0 Å². The van der Waals surface area contributed by atoms with Gasteiger partial charge in [-0.15, -0.1) is 0 Å². The van der Waals surface area contributed by atoms with Crippen molar-refractivity contribution in [2.24, 2.45) is 0 Å². The average molecular weight is 365 g/mol. The minimum atomic E-state index is -0.313. The Morgan fingerprint density at radius 2 is 1.85 bits per heavy atom. The number of hydrogen-bond acceptors (Lipinski definition) is 5. The number of piperidine rings is 2. The van der Waals surface area contributed by atoms with Crippen LogP contribution in [-0.2, 0) is 9.47 Å². The lowest BCUT2D eigenvalue weighted by Crippen LogP contribution is -2.57. The van der Waals surface area contributed by atoms with Crippen molar-refractivity contribution in [3.63, 3.8) is 0 Å². The Morgan fingerprint density at radius 3 is 2.42 bits per heavy atom. The summed E-state index contributed by atoms with van der Waals surface area (Å²) in [5.74, 6) is 0. The molecule has 2 bridgehead atoms. The molecule has 0 radical (unpaired) electrons. The zero-order valence-electron chi connectivity index (χ0n) is 15.9. The summed E-state index contributed by atoms with van der Waals surface area (Å²) in [6.07, 6.45) is 6.59. The minimum Gasteiger partial charge on any atom is -0.450 e. The third-order valence-corrected chi connectivity index (χ3v) is 6.98. The van der Waals surface area contributed by atoms with Gasteiger partial charge in [0.25, 0.3) is 0 Å². The summed E-state index contributed by atoms with van der Waals surface area (Å²) in [6.45, 7) is 6.35.